The molecule has 0 saturated heterocycles. The number of aryl methyl sites for hydroxylation is 18. The zero-order valence-electron chi connectivity index (χ0n) is 108. The number of hydrogen-bond donors (Lipinski definition) is 0. The van der Waals surface area contributed by atoms with Gasteiger partial charge in [0.05, 0.1) is 27.8 Å². The first kappa shape index (κ1) is 62.9. The number of nitrogens with zero attached hydrogens (tertiary/aromatic N) is 10. The summed E-state index contributed by atoms with van der Waals surface area (Å²) in [7, 11) is 8.84. The van der Waals surface area contributed by atoms with Crippen molar-refractivity contribution in [2.75, 3.05) is 0 Å². The van der Waals surface area contributed by atoms with E-state index in [1.165, 1.54) is 30.7 Å². The molecule has 0 aliphatic heterocycles. The predicted octanol–water partition coefficient (Wildman–Crippen LogP) is 27.4. The molecular formula is C118H131N10O5+5. The van der Waals surface area contributed by atoms with Crippen LogP contribution < -0.4 is 22.8 Å². The summed E-state index contributed by atoms with van der Waals surface area (Å²) in [6, 6.07) is 47.6. The summed E-state index contributed by atoms with van der Waals surface area (Å²) in [6.07, 6.45) is 4.86. The number of fused-ring (bicyclic) bond motifs is 15. The van der Waals surface area contributed by atoms with Crippen LogP contribution in [0.5, 0.6) is 0 Å². The summed E-state index contributed by atoms with van der Waals surface area (Å²) in [6.45, 7) is 11.1. The van der Waals surface area contributed by atoms with Gasteiger partial charge in [0.25, 0.3) is 0 Å². The van der Waals surface area contributed by atoms with Crippen LogP contribution in [0, 0.1) is 119 Å². The molecule has 0 fully saturated rings. The van der Waals surface area contributed by atoms with Gasteiger partial charge >= 0.3 is 0 Å². The molecule has 0 aliphatic carbocycles. The molecule has 20 rings (SSSR count). The second-order valence-electron chi connectivity index (χ2n) is 36.0. The summed E-state index contributed by atoms with van der Waals surface area (Å²) in [4.78, 5) is 22.2. The van der Waals surface area contributed by atoms with Crippen molar-refractivity contribution in [3.63, 3.8) is 0 Å². The molecule has 2 unspecified atom stereocenters. The van der Waals surface area contributed by atoms with Crippen molar-refractivity contribution in [2.45, 2.75) is 191 Å². The molecule has 0 amide bonds. The first-order valence-electron chi connectivity index (χ1n) is 59.0. The van der Waals surface area contributed by atoms with Crippen molar-refractivity contribution in [2.24, 2.45) is 64.8 Å². The standard InChI is InChI=1S/3C24H27N2O.2C23H25N2O/c3*1-14(2)11-18-12-21(26(6)13-16(18)4)22-15(3)7-9-19-20-10-8-17(5)25-24(20)27-23(19)22;2*1-14(2)11-17-12-20(25(5)13-16(17)4)21-15(3)8-9-18-19-7-6-10-24-23(19)26-22(18)21/h3*7-10,12-14H,11H2,1-6H3;2*6-10,12-14H,11H2,1-5H3/q5*+1/i1D3,4D3,11D2,14D;4D3,11D2;4D3;1D3,4D3,11D2,14D;4D3. The Balaban J connectivity index is 0.000000142. The molecule has 20 aromatic rings. The summed E-state index contributed by atoms with van der Waals surface area (Å²) >= 11 is 0. The van der Waals surface area contributed by atoms with E-state index in [4.69, 9.17) is 61.8 Å². The molecule has 15 heteroatoms. The van der Waals surface area contributed by atoms with Crippen LogP contribution in [0.15, 0.2) is 217 Å². The highest BCUT2D eigenvalue weighted by Crippen LogP contribution is 2.44. The molecule has 0 aliphatic rings. The van der Waals surface area contributed by atoms with E-state index in [-0.39, 0.29) is 33.4 Å². The molecule has 0 N–H and O–H groups in total. The molecule has 2 atom stereocenters. The van der Waals surface area contributed by atoms with E-state index in [0.29, 0.717) is 109 Å². The molecule has 15 nitrogen and oxygen atoms in total. The lowest BCUT2D eigenvalue weighted by Gasteiger charge is -2.11. The summed E-state index contributed by atoms with van der Waals surface area (Å²) in [5.74, 6) is -4.95. The molecule has 5 aromatic carbocycles. The minimum absolute atomic E-state index is 0.0224. The number of rotatable bonds is 15. The van der Waals surface area contributed by atoms with Gasteiger partial charge in [0.1, 0.15) is 35.2 Å². The fourth-order valence-electron chi connectivity index (χ4n) is 17.7. The van der Waals surface area contributed by atoms with Crippen molar-refractivity contribution in [1.29, 1.82) is 0 Å². The average molecular weight is 1800 g/mol. The van der Waals surface area contributed by atoms with Crippen LogP contribution in [0.3, 0.4) is 0 Å². The highest BCUT2D eigenvalue weighted by molar-refractivity contribution is 6.13. The van der Waals surface area contributed by atoms with E-state index in [1.807, 2.05) is 168 Å². The first-order valence-corrected chi connectivity index (χ1v) is 44.5. The van der Waals surface area contributed by atoms with Gasteiger partial charge in [0, 0.05) is 181 Å². The van der Waals surface area contributed by atoms with Crippen molar-refractivity contribution >= 4 is 110 Å². The lowest BCUT2D eigenvalue weighted by Crippen LogP contribution is -2.32. The summed E-state index contributed by atoms with van der Waals surface area (Å²) in [5, 5.41) is 8.99. The van der Waals surface area contributed by atoms with Crippen LogP contribution in [-0.4, -0.2) is 24.9 Å². The van der Waals surface area contributed by atoms with E-state index in [9.17, 15) is 0 Å². The molecule has 678 valence electrons. The van der Waals surface area contributed by atoms with Gasteiger partial charge in [-0.15, -0.1) is 0 Å². The SMILES string of the molecule is [2H]C([2H])([2H])c1c[n+](C)c(-c2c(C)ccc3c2oc2nc(C)ccc23)cc1C([2H])([2H])C(C)C.[2H]C([2H])([2H])c1c[n+](C)c(-c2c(C)ccc3c2oc2nc(C)ccc23)cc1C([2H])([2H])C([2H])(C)C([2H])([2H])[2H].[2H]C([2H])([2H])c1c[n+](C)c(-c2c(C)ccc3c2oc2nc(C)ccc23)cc1CC(C)C.[2H]C([2H])([2H])c1c[n+](C)c(-c2c(C)ccc3c2oc2ncccc23)cc1C([2H])([2H])C([2H])(C)C([2H])([2H])[2H].[2H]C([2H])([2H])c1c[n+](C)c(-c2c(C)ccc3c2oc2ncccc23)cc1CC(C)C. The summed E-state index contributed by atoms with van der Waals surface area (Å²) in [5.41, 5.74) is 21.7. The Hall–Kier alpha value is -13.4. The molecular weight excluding hydrogens is 1640 g/mol. The van der Waals surface area contributed by atoms with Crippen LogP contribution in [0.4, 0.5) is 0 Å². The van der Waals surface area contributed by atoms with Gasteiger partial charge in [-0.2, -0.15) is 0 Å². The van der Waals surface area contributed by atoms with E-state index in [1.54, 1.807) is 85.6 Å². The third-order valence-electron chi connectivity index (χ3n) is 24.0. The number of aromatic nitrogens is 10. The molecule has 15 heterocycles. The highest BCUT2D eigenvalue weighted by atomic mass is 16.4. The first-order chi connectivity index (χ1) is 74.9. The van der Waals surface area contributed by atoms with Crippen LogP contribution in [0.25, 0.3) is 167 Å². The quantitative estimate of drug-likeness (QED) is 0.0908. The van der Waals surface area contributed by atoms with Gasteiger partial charge in [-0.1, -0.05) is 130 Å². The maximum Gasteiger partial charge on any atom is 0.227 e. The Labute approximate surface area is 824 Å². The third-order valence-corrected chi connectivity index (χ3v) is 24.0. The van der Waals surface area contributed by atoms with Gasteiger partial charge in [-0.25, -0.2) is 47.8 Å². The minimum Gasteiger partial charge on any atom is -0.437 e. The van der Waals surface area contributed by atoms with Crippen LogP contribution >= 0.6 is 0 Å². The lowest BCUT2D eigenvalue weighted by molar-refractivity contribution is -0.660. The Kier molecular flexibility index (Phi) is 18.0. The van der Waals surface area contributed by atoms with Crippen molar-refractivity contribution in [3.05, 3.63) is 296 Å². The van der Waals surface area contributed by atoms with E-state index in [2.05, 4.69) is 90.7 Å². The van der Waals surface area contributed by atoms with E-state index >= 15 is 0 Å². The number of hydrogen-bond acceptors (Lipinski definition) is 10. The second-order valence-corrected chi connectivity index (χ2v) is 36.0. The van der Waals surface area contributed by atoms with Gasteiger partial charge in [-0.3, -0.25) is 0 Å². The van der Waals surface area contributed by atoms with Crippen LogP contribution in [0.1, 0.15) is 209 Å². The second kappa shape index (κ2) is 38.1. The Morgan fingerprint density at radius 1 is 0.286 bits per heavy atom. The molecule has 133 heavy (non-hydrogen) atoms. The molecule has 0 radical (unpaired) electrons. The Morgan fingerprint density at radius 2 is 0.526 bits per heavy atom. The fraction of sp³-hybridized carbons (Fsp3) is 0.322. The monoisotopic (exact) mass is 1800 g/mol. The van der Waals surface area contributed by atoms with Crippen LogP contribution in [-0.2, 0) is 67.2 Å². The number of furan rings is 5. The maximum atomic E-state index is 8.73. The van der Waals surface area contributed by atoms with Gasteiger partial charge in [0.2, 0.25) is 57.0 Å². The van der Waals surface area contributed by atoms with Crippen molar-refractivity contribution < 1.29 is 84.7 Å². The third kappa shape index (κ3) is 18.8. The zero-order valence-corrected chi connectivity index (χ0v) is 79.1. The number of pyridine rings is 10. The van der Waals surface area contributed by atoms with E-state index < -0.39 is 84.8 Å². The van der Waals surface area contributed by atoms with Gasteiger partial charge < -0.3 is 22.1 Å². The highest BCUT2D eigenvalue weighted by Gasteiger charge is 2.30. The summed E-state index contributed by atoms with van der Waals surface area (Å²) < 4.78 is 275. The molecule has 15 aromatic heterocycles. The maximum absolute atomic E-state index is 8.73. The Bertz CT molecular complexity index is 9230. The van der Waals surface area contributed by atoms with E-state index in [0.717, 1.165) is 163 Å². The normalized spacial score (nSPS) is 16.9. The average Bonchev–Trinajstić information content (AvgIpc) is 1.03. The zero-order chi connectivity index (χ0) is 119. The van der Waals surface area contributed by atoms with Gasteiger partial charge in [-0.05, 0) is 267 Å². The smallest absolute Gasteiger partial charge is 0.227 e. The van der Waals surface area contributed by atoms with Crippen LogP contribution in [0.2, 0.25) is 0 Å². The fourth-order valence-corrected chi connectivity index (χ4v) is 17.7. The van der Waals surface area contributed by atoms with Crippen molar-refractivity contribution in [1.82, 2.24) is 24.9 Å². The minimum atomic E-state index is -3.01. The predicted molar refractivity (Wildman–Crippen MR) is 545 cm³/mol. The van der Waals surface area contributed by atoms with Gasteiger partial charge in [0.15, 0.2) is 58.9 Å². The largest absolute Gasteiger partial charge is 0.437 e. The lowest BCUT2D eigenvalue weighted by atomic mass is 9.95. The molecule has 0 saturated carbocycles. The topological polar surface area (TPSA) is 150 Å². The molecule has 0 spiro atoms. The van der Waals surface area contributed by atoms with Crippen molar-refractivity contribution in [3.8, 4) is 56.3 Å². The molecule has 0 bridgehead atoms. The number of benzene rings is 5. The Morgan fingerprint density at radius 3 is 0.782 bits per heavy atom.